The predicted octanol–water partition coefficient (Wildman–Crippen LogP) is 3.00. The lowest BCUT2D eigenvalue weighted by Crippen LogP contribution is -2.33. The second kappa shape index (κ2) is 6.44. The predicted molar refractivity (Wildman–Crippen MR) is 71.3 cm³/mol. The van der Waals surface area contributed by atoms with Gasteiger partial charge in [-0.05, 0) is 24.5 Å². The normalized spacial score (nSPS) is 15.4. The van der Waals surface area contributed by atoms with E-state index in [0.717, 1.165) is 31.7 Å². The summed E-state index contributed by atoms with van der Waals surface area (Å²) in [6.45, 7) is 0.631. The van der Waals surface area contributed by atoms with Gasteiger partial charge in [-0.25, -0.2) is 4.39 Å². The monoisotopic (exact) mass is 277 g/mol. The van der Waals surface area contributed by atoms with Crippen LogP contribution < -0.4 is 0 Å². The first-order chi connectivity index (χ1) is 9.60. The Bertz CT molecular complexity index is 536. The fourth-order valence-corrected chi connectivity index (χ4v) is 2.74. The summed E-state index contributed by atoms with van der Waals surface area (Å²) in [6, 6.07) is 6.02. The molecule has 0 amide bonds. The largest absolute Gasteiger partial charge is 0.283 e. The van der Waals surface area contributed by atoms with Crippen molar-refractivity contribution in [2.45, 2.75) is 38.3 Å². The number of nitriles is 1. The van der Waals surface area contributed by atoms with Crippen molar-refractivity contribution in [1.82, 2.24) is 4.90 Å². The van der Waals surface area contributed by atoms with E-state index in [0.29, 0.717) is 18.2 Å². The molecule has 20 heavy (non-hydrogen) atoms. The number of nitro benzene ring substituents is 1. The highest BCUT2D eigenvalue weighted by atomic mass is 19.1. The minimum atomic E-state index is -0.613. The van der Waals surface area contributed by atoms with Crippen LogP contribution in [0.5, 0.6) is 0 Å². The fraction of sp³-hybridized carbons (Fsp3) is 0.500. The number of hydrogen-bond donors (Lipinski definition) is 0. The molecule has 0 aliphatic heterocycles. The molecule has 2 rings (SSSR count). The first kappa shape index (κ1) is 14.4. The van der Waals surface area contributed by atoms with E-state index in [1.54, 1.807) is 0 Å². The molecule has 1 aliphatic rings. The van der Waals surface area contributed by atoms with Gasteiger partial charge in [0, 0.05) is 18.7 Å². The van der Waals surface area contributed by atoms with Crippen molar-refractivity contribution in [3.8, 4) is 6.07 Å². The molecule has 0 radical (unpaired) electrons. The average molecular weight is 277 g/mol. The highest BCUT2D eigenvalue weighted by Crippen LogP contribution is 2.25. The first-order valence-electron chi connectivity index (χ1n) is 6.65. The molecule has 1 fully saturated rings. The maximum atomic E-state index is 13.4. The summed E-state index contributed by atoms with van der Waals surface area (Å²) in [7, 11) is 0. The number of rotatable bonds is 5. The lowest BCUT2D eigenvalue weighted by Gasteiger charge is -2.26. The molecule has 1 aliphatic carbocycles. The molecule has 5 nitrogen and oxygen atoms in total. The Kier molecular flexibility index (Phi) is 4.64. The summed E-state index contributed by atoms with van der Waals surface area (Å²) in [6.07, 6.45) is 4.32. The van der Waals surface area contributed by atoms with Gasteiger partial charge in [0.2, 0.25) is 0 Å². The minimum absolute atomic E-state index is 0.247. The van der Waals surface area contributed by atoms with Gasteiger partial charge in [0.05, 0.1) is 23.6 Å². The van der Waals surface area contributed by atoms with Crippen molar-refractivity contribution in [3.63, 3.8) is 0 Å². The van der Waals surface area contributed by atoms with Crippen molar-refractivity contribution in [3.05, 3.63) is 39.7 Å². The second-order valence-corrected chi connectivity index (χ2v) is 5.08. The zero-order chi connectivity index (χ0) is 14.5. The fourth-order valence-electron chi connectivity index (χ4n) is 2.74. The molecule has 106 valence electrons. The third-order valence-electron chi connectivity index (χ3n) is 3.65. The van der Waals surface area contributed by atoms with Crippen LogP contribution in [0.1, 0.15) is 31.2 Å². The average Bonchev–Trinajstić information content (AvgIpc) is 2.91. The van der Waals surface area contributed by atoms with Crippen LogP contribution in [0.3, 0.4) is 0 Å². The molecule has 1 saturated carbocycles. The Hall–Kier alpha value is -2.00. The van der Waals surface area contributed by atoms with Gasteiger partial charge in [-0.15, -0.1) is 0 Å². The molecule has 1 aromatic rings. The summed E-state index contributed by atoms with van der Waals surface area (Å²) < 4.78 is 13.4. The molecule has 0 N–H and O–H groups in total. The van der Waals surface area contributed by atoms with Gasteiger partial charge < -0.3 is 0 Å². The highest BCUT2D eigenvalue weighted by molar-refractivity contribution is 5.35. The zero-order valence-electron chi connectivity index (χ0n) is 11.1. The Morgan fingerprint density at radius 2 is 2.10 bits per heavy atom. The van der Waals surface area contributed by atoms with Crippen molar-refractivity contribution in [2.75, 3.05) is 6.54 Å². The molecule has 0 unspecified atom stereocenters. The van der Waals surface area contributed by atoms with Crippen molar-refractivity contribution >= 4 is 5.69 Å². The summed E-state index contributed by atoms with van der Waals surface area (Å²) >= 11 is 0. The number of non-ortho nitro benzene ring substituents is 1. The van der Waals surface area contributed by atoms with Gasteiger partial charge in [0.25, 0.3) is 5.69 Å². The van der Waals surface area contributed by atoms with Gasteiger partial charge in [-0.1, -0.05) is 12.8 Å². The third kappa shape index (κ3) is 3.52. The number of benzene rings is 1. The third-order valence-corrected chi connectivity index (χ3v) is 3.65. The summed E-state index contributed by atoms with van der Waals surface area (Å²) in [5.74, 6) is -0.613. The van der Waals surface area contributed by atoms with Gasteiger partial charge in [-0.2, -0.15) is 5.26 Å². The molecule has 0 aromatic heterocycles. The van der Waals surface area contributed by atoms with Crippen LogP contribution >= 0.6 is 0 Å². The smallest absolute Gasteiger partial charge is 0.272 e. The molecular formula is C14H16FN3O2. The second-order valence-electron chi connectivity index (χ2n) is 5.08. The van der Waals surface area contributed by atoms with E-state index in [2.05, 4.69) is 6.07 Å². The summed E-state index contributed by atoms with van der Waals surface area (Å²) in [5.41, 5.74) is 0.294. The number of hydrogen-bond acceptors (Lipinski definition) is 4. The van der Waals surface area contributed by atoms with Crippen molar-refractivity contribution in [1.29, 1.82) is 5.26 Å². The van der Waals surface area contributed by atoms with Gasteiger partial charge >= 0.3 is 0 Å². The Morgan fingerprint density at radius 3 is 2.70 bits per heavy atom. The number of halogens is 1. The van der Waals surface area contributed by atoms with Crippen LogP contribution in [-0.2, 0) is 6.54 Å². The standard InChI is InChI=1S/C14H16FN3O2/c15-12-7-11(8-14(9-12)18(19)20)10-17(6-5-16)13-3-1-2-4-13/h7-9,13H,1-4,6,10H2. The van der Waals surface area contributed by atoms with Gasteiger partial charge in [-0.3, -0.25) is 15.0 Å². The van der Waals surface area contributed by atoms with Crippen LogP contribution in [0.15, 0.2) is 18.2 Å². The molecule has 0 spiro atoms. The topological polar surface area (TPSA) is 70.2 Å². The van der Waals surface area contributed by atoms with Crippen LogP contribution in [0.25, 0.3) is 0 Å². The van der Waals surface area contributed by atoms with E-state index in [1.165, 1.54) is 12.1 Å². The SMILES string of the molecule is N#CCN(Cc1cc(F)cc([N+](=O)[O-])c1)C1CCCC1. The van der Waals surface area contributed by atoms with Crippen LogP contribution in [0.4, 0.5) is 10.1 Å². The molecule has 6 heteroatoms. The Morgan fingerprint density at radius 1 is 1.40 bits per heavy atom. The summed E-state index contributed by atoms with van der Waals surface area (Å²) in [4.78, 5) is 12.1. The highest BCUT2D eigenvalue weighted by Gasteiger charge is 2.23. The molecule has 0 atom stereocenters. The lowest BCUT2D eigenvalue weighted by molar-refractivity contribution is -0.385. The van der Waals surface area contributed by atoms with Crippen LogP contribution in [0, 0.1) is 27.3 Å². The maximum Gasteiger partial charge on any atom is 0.272 e. The van der Waals surface area contributed by atoms with Gasteiger partial charge in [0.15, 0.2) is 0 Å². The zero-order valence-corrected chi connectivity index (χ0v) is 11.1. The molecule has 0 bridgehead atoms. The van der Waals surface area contributed by atoms with E-state index < -0.39 is 10.7 Å². The number of nitrogens with zero attached hydrogens (tertiary/aromatic N) is 3. The quantitative estimate of drug-likeness (QED) is 0.471. The van der Waals surface area contributed by atoms with E-state index in [9.17, 15) is 14.5 Å². The van der Waals surface area contributed by atoms with Gasteiger partial charge in [0.1, 0.15) is 5.82 Å². The van der Waals surface area contributed by atoms with E-state index >= 15 is 0 Å². The van der Waals surface area contributed by atoms with Crippen molar-refractivity contribution in [2.24, 2.45) is 0 Å². The molecule has 0 heterocycles. The molecule has 1 aromatic carbocycles. The van der Waals surface area contributed by atoms with Crippen LogP contribution in [-0.4, -0.2) is 22.4 Å². The maximum absolute atomic E-state index is 13.4. The molecule has 0 saturated heterocycles. The Balaban J connectivity index is 2.17. The summed E-state index contributed by atoms with van der Waals surface area (Å²) in [5, 5.41) is 19.6. The minimum Gasteiger partial charge on any atom is -0.283 e. The van der Waals surface area contributed by atoms with E-state index in [1.807, 2.05) is 4.90 Å². The van der Waals surface area contributed by atoms with E-state index in [4.69, 9.17) is 5.26 Å². The van der Waals surface area contributed by atoms with E-state index in [-0.39, 0.29) is 12.2 Å². The molecular weight excluding hydrogens is 261 g/mol. The number of nitro groups is 1. The lowest BCUT2D eigenvalue weighted by atomic mass is 10.1. The first-order valence-corrected chi connectivity index (χ1v) is 6.65. The van der Waals surface area contributed by atoms with Crippen molar-refractivity contribution < 1.29 is 9.31 Å². The Labute approximate surface area is 116 Å². The van der Waals surface area contributed by atoms with Crippen LogP contribution in [0.2, 0.25) is 0 Å².